The van der Waals surface area contributed by atoms with Gasteiger partial charge in [0, 0.05) is 39.7 Å². The van der Waals surface area contributed by atoms with Crippen molar-refractivity contribution in [2.45, 2.75) is 88.3 Å². The average Bonchev–Trinajstić information content (AvgIpc) is 3.78. The molecule has 2 bridgehead atoms. The van der Waals surface area contributed by atoms with Crippen LogP contribution in [0.1, 0.15) is 69.1 Å². The number of hydrogen-bond donors (Lipinski definition) is 1. The van der Waals surface area contributed by atoms with Crippen LogP contribution in [-0.2, 0) is 35.2 Å². The average molecular weight is 686 g/mol. The quantitative estimate of drug-likeness (QED) is 0.136. The molecule has 3 aliphatic rings. The number of unbranched alkanes of at least 4 members (excludes halogenated alkanes) is 2. The summed E-state index contributed by atoms with van der Waals surface area (Å²) in [4.78, 5) is 61.5. The molecule has 10 heteroatoms. The fourth-order valence-electron chi connectivity index (χ4n) is 8.00. The summed E-state index contributed by atoms with van der Waals surface area (Å²) in [5, 5.41) is 9.38. The largest absolute Gasteiger partial charge is 0.455 e. The second-order valence-electron chi connectivity index (χ2n) is 13.7. The van der Waals surface area contributed by atoms with Gasteiger partial charge in [0.2, 0.25) is 17.7 Å². The Morgan fingerprint density at radius 1 is 1.06 bits per heavy atom. The van der Waals surface area contributed by atoms with Crippen LogP contribution in [0.25, 0.3) is 0 Å². The summed E-state index contributed by atoms with van der Waals surface area (Å²) in [6.45, 7) is 10.4. The van der Waals surface area contributed by atoms with Crippen LogP contribution in [-0.4, -0.2) is 94.0 Å². The predicted octanol–water partition coefficient (Wildman–Crippen LogP) is 4.84. The van der Waals surface area contributed by atoms with Crippen LogP contribution in [0.4, 0.5) is 0 Å². The summed E-state index contributed by atoms with van der Waals surface area (Å²) in [6.07, 6.45) is 5.66. The third kappa shape index (κ3) is 7.42. The maximum Gasteiger partial charge on any atom is 0.313 e. The molecular weight excluding hydrogens is 634 g/mol. The highest BCUT2D eigenvalue weighted by Crippen LogP contribution is 2.59. The monoisotopic (exact) mass is 685 g/mol. The minimum absolute atomic E-state index is 0.0435. The van der Waals surface area contributed by atoms with E-state index in [2.05, 4.69) is 13.2 Å². The molecule has 0 aliphatic carbocycles. The Morgan fingerprint density at radius 2 is 1.76 bits per heavy atom. The molecule has 3 amide bonds. The highest BCUT2D eigenvalue weighted by Gasteiger charge is 2.75. The van der Waals surface area contributed by atoms with Crippen LogP contribution in [0.5, 0.6) is 0 Å². The number of esters is 1. The number of allylic oxidation sites excluding steroid dienone is 1. The zero-order valence-electron chi connectivity index (χ0n) is 29.3. The van der Waals surface area contributed by atoms with Crippen molar-refractivity contribution in [1.82, 2.24) is 14.7 Å². The number of aliphatic hydroxyl groups excluding tert-OH is 1. The lowest BCUT2D eigenvalue weighted by molar-refractivity contribution is -0.164. The van der Waals surface area contributed by atoms with E-state index in [0.29, 0.717) is 51.6 Å². The SMILES string of the molecule is C=CCCC(=O)N(C)[C@H](C)[C@H](OC(=O)[C@@H]1[C@@H]2CC[C@]3(O2)[C@H](C(=O)N(CC=C)Cc2ccccc2)N(CCCCCO)C(=O)[C@@H]13)c1ccccc1. The van der Waals surface area contributed by atoms with Crippen LogP contribution in [0.3, 0.4) is 0 Å². The van der Waals surface area contributed by atoms with Gasteiger partial charge in [-0.25, -0.2) is 0 Å². The summed E-state index contributed by atoms with van der Waals surface area (Å²) in [5.74, 6) is -2.98. The number of nitrogens with zero attached hydrogens (tertiary/aromatic N) is 3. The number of rotatable bonds is 18. The first kappa shape index (κ1) is 37.0. The Balaban J connectivity index is 1.45. The normalized spacial score (nSPS) is 24.7. The van der Waals surface area contributed by atoms with Crippen LogP contribution < -0.4 is 0 Å². The van der Waals surface area contributed by atoms with Crippen molar-refractivity contribution >= 4 is 23.7 Å². The maximum atomic E-state index is 14.7. The Hall–Kier alpha value is -4.28. The van der Waals surface area contributed by atoms with Crippen LogP contribution in [0.15, 0.2) is 86.0 Å². The second kappa shape index (κ2) is 16.6. The molecule has 10 nitrogen and oxygen atoms in total. The number of amides is 3. The molecule has 0 unspecified atom stereocenters. The maximum absolute atomic E-state index is 14.7. The lowest BCUT2D eigenvalue weighted by Crippen LogP contribution is -2.56. The molecule has 0 saturated carbocycles. The van der Waals surface area contributed by atoms with Crippen molar-refractivity contribution in [3.8, 4) is 0 Å². The Bertz CT molecular complexity index is 1520. The molecule has 0 radical (unpaired) electrons. The lowest BCUT2D eigenvalue weighted by atomic mass is 9.70. The molecule has 3 fully saturated rings. The molecule has 268 valence electrons. The van der Waals surface area contributed by atoms with Gasteiger partial charge in [-0.2, -0.15) is 0 Å². The fraction of sp³-hybridized carbons (Fsp3) is 0.500. The molecule has 0 aromatic heterocycles. The summed E-state index contributed by atoms with van der Waals surface area (Å²) < 4.78 is 13.0. The summed E-state index contributed by atoms with van der Waals surface area (Å²) >= 11 is 0. The van der Waals surface area contributed by atoms with E-state index < -0.39 is 47.7 Å². The summed E-state index contributed by atoms with van der Waals surface area (Å²) in [6, 6.07) is 17.5. The van der Waals surface area contributed by atoms with Gasteiger partial charge in [0.15, 0.2) is 0 Å². The minimum atomic E-state index is -1.18. The van der Waals surface area contributed by atoms with Gasteiger partial charge in [0.05, 0.1) is 24.0 Å². The number of carbonyl (C=O) groups excluding carboxylic acids is 4. The van der Waals surface area contributed by atoms with E-state index in [1.54, 1.807) is 33.9 Å². The van der Waals surface area contributed by atoms with Crippen LogP contribution in [0.2, 0.25) is 0 Å². The van der Waals surface area contributed by atoms with Crippen molar-refractivity contribution in [2.24, 2.45) is 11.8 Å². The van der Waals surface area contributed by atoms with E-state index >= 15 is 0 Å². The Kier molecular flexibility index (Phi) is 12.3. The number of fused-ring (bicyclic) bond motifs is 1. The van der Waals surface area contributed by atoms with Gasteiger partial charge < -0.3 is 29.3 Å². The van der Waals surface area contributed by atoms with Crippen molar-refractivity contribution in [1.29, 1.82) is 0 Å². The van der Waals surface area contributed by atoms with Gasteiger partial charge in [-0.1, -0.05) is 72.8 Å². The minimum Gasteiger partial charge on any atom is -0.455 e. The first-order valence-corrected chi connectivity index (χ1v) is 17.8. The zero-order valence-corrected chi connectivity index (χ0v) is 29.3. The van der Waals surface area contributed by atoms with E-state index in [1.807, 2.05) is 67.6 Å². The van der Waals surface area contributed by atoms with E-state index in [-0.39, 0.29) is 37.3 Å². The smallest absolute Gasteiger partial charge is 0.313 e. The van der Waals surface area contributed by atoms with E-state index in [1.165, 1.54) is 0 Å². The summed E-state index contributed by atoms with van der Waals surface area (Å²) in [5.41, 5.74) is 0.497. The van der Waals surface area contributed by atoms with Crippen LogP contribution in [0, 0.1) is 11.8 Å². The molecule has 3 saturated heterocycles. The molecule has 7 atom stereocenters. The highest BCUT2D eigenvalue weighted by molar-refractivity contribution is 5.98. The second-order valence-corrected chi connectivity index (χ2v) is 13.7. The molecule has 1 spiro atoms. The van der Waals surface area contributed by atoms with Crippen molar-refractivity contribution < 1.29 is 33.8 Å². The molecule has 3 aliphatic heterocycles. The zero-order chi connectivity index (χ0) is 35.8. The number of likely N-dealkylation sites (tertiary alicyclic amines) is 1. The Labute approximate surface area is 295 Å². The number of benzene rings is 2. The first-order valence-electron chi connectivity index (χ1n) is 17.8. The van der Waals surface area contributed by atoms with Crippen molar-refractivity contribution in [3.05, 3.63) is 97.1 Å². The van der Waals surface area contributed by atoms with Gasteiger partial charge in [-0.05, 0) is 56.6 Å². The number of hydrogen-bond acceptors (Lipinski definition) is 7. The standard InChI is InChI=1S/C40H51N3O7/c1-5-7-21-32(45)41(4)28(3)35(30-19-13-9-14-20-30)49-39(48)33-31-22-23-40(50-31)34(33)37(46)43(25-15-10-16-26-44)36(40)38(47)42(24-6-2)27-29-17-11-8-12-18-29/h5-6,8-9,11-14,17-20,28,31,33-36,44H,1-2,7,10,15-16,21-27H2,3-4H3/t28-,31+,33-,34-,35+,36+,40-/m1/s1. The molecule has 1 N–H and O–H groups in total. The first-order chi connectivity index (χ1) is 24.2. The number of carbonyl (C=O) groups is 4. The molecule has 2 aromatic rings. The topological polar surface area (TPSA) is 117 Å². The van der Waals surface area contributed by atoms with Gasteiger partial charge in [0.1, 0.15) is 17.7 Å². The lowest BCUT2D eigenvalue weighted by Gasteiger charge is -2.37. The van der Waals surface area contributed by atoms with E-state index in [9.17, 15) is 24.3 Å². The van der Waals surface area contributed by atoms with Crippen molar-refractivity contribution in [2.75, 3.05) is 26.7 Å². The number of ether oxygens (including phenoxy) is 2. The summed E-state index contributed by atoms with van der Waals surface area (Å²) in [7, 11) is 1.70. The molecular formula is C40H51N3O7. The predicted molar refractivity (Wildman–Crippen MR) is 189 cm³/mol. The van der Waals surface area contributed by atoms with Gasteiger partial charge in [0.25, 0.3) is 0 Å². The Morgan fingerprint density at radius 3 is 2.42 bits per heavy atom. The van der Waals surface area contributed by atoms with Gasteiger partial charge in [-0.15, -0.1) is 13.2 Å². The van der Waals surface area contributed by atoms with E-state index in [0.717, 1.165) is 11.1 Å². The fourth-order valence-corrected chi connectivity index (χ4v) is 8.00. The van der Waals surface area contributed by atoms with E-state index in [4.69, 9.17) is 9.47 Å². The highest BCUT2D eigenvalue weighted by atomic mass is 16.6. The van der Waals surface area contributed by atoms with Crippen LogP contribution >= 0.6 is 0 Å². The third-order valence-electron chi connectivity index (χ3n) is 10.6. The van der Waals surface area contributed by atoms with Gasteiger partial charge in [-0.3, -0.25) is 19.2 Å². The molecule has 5 rings (SSSR count). The number of aliphatic hydroxyl groups is 1. The molecule has 50 heavy (non-hydrogen) atoms. The molecule has 3 heterocycles. The third-order valence-corrected chi connectivity index (χ3v) is 10.6. The van der Waals surface area contributed by atoms with Gasteiger partial charge >= 0.3 is 5.97 Å². The van der Waals surface area contributed by atoms with Crippen molar-refractivity contribution in [3.63, 3.8) is 0 Å². The molecule has 2 aromatic carbocycles. The number of likely N-dealkylation sites (N-methyl/N-ethyl adjacent to an activating group) is 1.